The van der Waals surface area contributed by atoms with Crippen LogP contribution in [0.4, 0.5) is 4.79 Å². The van der Waals surface area contributed by atoms with Crippen molar-refractivity contribution in [1.29, 1.82) is 0 Å². The Labute approximate surface area is 137 Å². The molecule has 0 saturated carbocycles. The van der Waals surface area contributed by atoms with Crippen LogP contribution in [0.1, 0.15) is 10.5 Å². The summed E-state index contributed by atoms with van der Waals surface area (Å²) >= 11 is 6.02. The second-order valence-corrected chi connectivity index (χ2v) is 4.76. The molecule has 0 aliphatic rings. The summed E-state index contributed by atoms with van der Waals surface area (Å²) in [5.41, 5.74) is 0.0702. The Hall–Kier alpha value is -2.80. The lowest BCUT2D eigenvalue weighted by Gasteiger charge is -2.12. The molecule has 0 spiro atoms. The van der Waals surface area contributed by atoms with Crippen molar-refractivity contribution in [1.82, 2.24) is 15.6 Å². The van der Waals surface area contributed by atoms with Gasteiger partial charge in [0.05, 0.1) is 5.02 Å². The molecule has 0 atom stereocenters. The number of rotatable bonds is 6. The molecule has 0 aliphatic heterocycles. The van der Waals surface area contributed by atoms with Gasteiger partial charge in [0, 0.05) is 19.3 Å². The molecule has 0 unspecified atom stereocenters. The predicted octanol–water partition coefficient (Wildman–Crippen LogP) is 1.19. The fourth-order valence-corrected chi connectivity index (χ4v) is 1.89. The lowest BCUT2D eigenvalue weighted by molar-refractivity contribution is -0.250. The molecule has 0 aliphatic carbocycles. The zero-order valence-corrected chi connectivity index (χ0v) is 12.7. The minimum absolute atomic E-state index is 0.0294. The van der Waals surface area contributed by atoms with E-state index in [9.17, 15) is 14.7 Å². The van der Waals surface area contributed by atoms with E-state index in [2.05, 4.69) is 10.3 Å². The van der Waals surface area contributed by atoms with Crippen LogP contribution in [-0.2, 0) is 0 Å². The highest BCUT2D eigenvalue weighted by atomic mass is 35.5. The summed E-state index contributed by atoms with van der Waals surface area (Å²) in [5, 5.41) is 15.2. The lowest BCUT2D eigenvalue weighted by atomic mass is 10.3. The topological polar surface area (TPSA) is 103 Å². The van der Waals surface area contributed by atoms with E-state index in [1.54, 1.807) is 36.4 Å². The zero-order chi connectivity index (χ0) is 16.7. The van der Waals surface area contributed by atoms with Crippen molar-refractivity contribution >= 4 is 23.6 Å². The minimum Gasteiger partial charge on any atom is -0.530 e. The highest BCUT2D eigenvalue weighted by Crippen LogP contribution is 2.30. The number of carbonyl (C=O) groups is 2. The van der Waals surface area contributed by atoms with Crippen LogP contribution in [0.25, 0.3) is 0 Å². The number of aromatic nitrogens is 1. The largest absolute Gasteiger partial charge is 0.530 e. The number of carbonyl (C=O) groups excluding carboxylic acids is 2. The predicted molar refractivity (Wildman–Crippen MR) is 81.5 cm³/mol. The highest BCUT2D eigenvalue weighted by molar-refractivity contribution is 6.32. The summed E-state index contributed by atoms with van der Waals surface area (Å²) in [7, 11) is 0. The Balaban J connectivity index is 2.06. The lowest BCUT2D eigenvalue weighted by Crippen LogP contribution is -2.41. The number of ether oxygens (including phenoxy) is 1. The second kappa shape index (κ2) is 8.00. The molecule has 2 aromatic rings. The zero-order valence-electron chi connectivity index (χ0n) is 11.9. The third kappa shape index (κ3) is 4.86. The molecule has 1 heterocycles. The van der Waals surface area contributed by atoms with Crippen molar-refractivity contribution in [2.75, 3.05) is 13.1 Å². The van der Waals surface area contributed by atoms with Crippen LogP contribution in [-0.4, -0.2) is 30.1 Å². The first-order chi connectivity index (χ1) is 11.1. The van der Waals surface area contributed by atoms with Crippen LogP contribution in [0.3, 0.4) is 0 Å². The van der Waals surface area contributed by atoms with E-state index in [-0.39, 0.29) is 24.5 Å². The number of pyridine rings is 1. The van der Waals surface area contributed by atoms with E-state index < -0.39 is 12.0 Å². The second-order valence-electron chi connectivity index (χ2n) is 4.35. The van der Waals surface area contributed by atoms with Gasteiger partial charge < -0.3 is 25.3 Å². The minimum atomic E-state index is -1.40. The number of amides is 2. The van der Waals surface area contributed by atoms with E-state index in [0.29, 0.717) is 10.8 Å². The molecule has 2 amide bonds. The highest BCUT2D eigenvalue weighted by Gasteiger charge is 2.15. The van der Waals surface area contributed by atoms with Crippen molar-refractivity contribution < 1.29 is 19.4 Å². The van der Waals surface area contributed by atoms with Gasteiger partial charge in [0.2, 0.25) is 0 Å². The first-order valence-electron chi connectivity index (χ1n) is 6.68. The van der Waals surface area contributed by atoms with Gasteiger partial charge in [-0.1, -0.05) is 23.7 Å². The van der Waals surface area contributed by atoms with Crippen molar-refractivity contribution in [3.63, 3.8) is 0 Å². The van der Waals surface area contributed by atoms with Crippen molar-refractivity contribution in [3.8, 4) is 11.5 Å². The molecule has 23 heavy (non-hydrogen) atoms. The maximum Gasteiger partial charge on any atom is 0.273 e. The Bertz CT molecular complexity index is 709. The fourth-order valence-electron chi connectivity index (χ4n) is 1.71. The molecule has 0 fully saturated rings. The number of para-hydroxylation sites is 1. The molecule has 7 nitrogen and oxygen atoms in total. The first-order valence-corrected chi connectivity index (χ1v) is 7.06. The number of benzene rings is 1. The molecule has 2 N–H and O–H groups in total. The van der Waals surface area contributed by atoms with Crippen LogP contribution in [0, 0.1) is 0 Å². The molecule has 2 rings (SSSR count). The van der Waals surface area contributed by atoms with Gasteiger partial charge in [-0.15, -0.1) is 0 Å². The van der Waals surface area contributed by atoms with Gasteiger partial charge in [0.1, 0.15) is 11.8 Å². The number of hydrogen-bond acceptors (Lipinski definition) is 5. The van der Waals surface area contributed by atoms with Crippen LogP contribution >= 0.6 is 11.6 Å². The van der Waals surface area contributed by atoms with Crippen molar-refractivity contribution in [3.05, 3.63) is 53.3 Å². The Morgan fingerprint density at radius 1 is 1.09 bits per heavy atom. The van der Waals surface area contributed by atoms with Gasteiger partial charge in [-0.3, -0.25) is 4.79 Å². The number of carboxylic acid groups (broad SMARTS) is 1. The van der Waals surface area contributed by atoms with Crippen molar-refractivity contribution in [2.24, 2.45) is 0 Å². The van der Waals surface area contributed by atoms with E-state index in [1.165, 1.54) is 6.20 Å². The van der Waals surface area contributed by atoms with E-state index in [0.717, 1.165) is 0 Å². The number of nitrogens with one attached hydrogen (secondary N) is 2. The maximum absolute atomic E-state index is 12.1. The number of hydrogen-bond donors (Lipinski definition) is 2. The summed E-state index contributed by atoms with van der Waals surface area (Å²) < 4.78 is 5.63. The third-order valence-electron chi connectivity index (χ3n) is 2.72. The summed E-state index contributed by atoms with van der Waals surface area (Å²) in [6.45, 7) is 0.122. The van der Waals surface area contributed by atoms with E-state index >= 15 is 0 Å². The molecule has 0 bridgehead atoms. The van der Waals surface area contributed by atoms with Gasteiger partial charge >= 0.3 is 0 Å². The van der Waals surface area contributed by atoms with Gasteiger partial charge in [0.15, 0.2) is 11.4 Å². The average molecular weight is 335 g/mol. The Morgan fingerprint density at radius 2 is 1.78 bits per heavy atom. The average Bonchev–Trinajstić information content (AvgIpc) is 2.54. The summed E-state index contributed by atoms with van der Waals surface area (Å²) in [6.07, 6.45) is 0.0492. The summed E-state index contributed by atoms with van der Waals surface area (Å²) in [5.74, 6) is 0.147. The summed E-state index contributed by atoms with van der Waals surface area (Å²) in [4.78, 5) is 26.3. The number of nitrogens with zero attached hydrogens (tertiary/aromatic N) is 1. The Morgan fingerprint density at radius 3 is 2.52 bits per heavy atom. The van der Waals surface area contributed by atoms with Gasteiger partial charge in [-0.05, 0) is 24.3 Å². The molecular weight excluding hydrogens is 322 g/mol. The summed E-state index contributed by atoms with van der Waals surface area (Å²) in [6, 6.07) is 10.1. The molecule has 0 saturated heterocycles. The van der Waals surface area contributed by atoms with E-state index in [4.69, 9.17) is 16.3 Å². The first kappa shape index (κ1) is 16.6. The normalized spacial score (nSPS) is 9.96. The van der Waals surface area contributed by atoms with Gasteiger partial charge in [-0.25, -0.2) is 4.98 Å². The monoisotopic (exact) mass is 334 g/mol. The van der Waals surface area contributed by atoms with Gasteiger partial charge in [0.25, 0.3) is 5.91 Å². The quantitative estimate of drug-likeness (QED) is 0.772. The Kier molecular flexibility index (Phi) is 5.76. The standard InChI is InChI=1S/C15H14ClN3O4/c16-10-4-1-2-5-11(10)23-12-6-3-7-17-13(12)14(20)18-8-9-19-15(21)22/h1-7,19H,8-9H2,(H,18,20)(H,21,22)/p-1. The van der Waals surface area contributed by atoms with Crippen LogP contribution < -0.4 is 20.5 Å². The molecule has 1 aromatic heterocycles. The van der Waals surface area contributed by atoms with Crippen LogP contribution in [0.2, 0.25) is 5.02 Å². The van der Waals surface area contributed by atoms with Crippen molar-refractivity contribution in [2.45, 2.75) is 0 Å². The molecule has 8 heteroatoms. The van der Waals surface area contributed by atoms with Gasteiger partial charge in [-0.2, -0.15) is 0 Å². The third-order valence-corrected chi connectivity index (χ3v) is 3.03. The molecular formula is C15H13ClN3O4-. The van der Waals surface area contributed by atoms with Crippen LogP contribution in [0.15, 0.2) is 42.6 Å². The molecule has 120 valence electrons. The van der Waals surface area contributed by atoms with Crippen LogP contribution in [0.5, 0.6) is 11.5 Å². The molecule has 0 radical (unpaired) electrons. The smallest absolute Gasteiger partial charge is 0.273 e. The fraction of sp³-hybridized carbons (Fsp3) is 0.133. The van der Waals surface area contributed by atoms with E-state index in [1.807, 2.05) is 5.32 Å². The number of halogens is 1. The maximum atomic E-state index is 12.1. The SMILES string of the molecule is O=C([O-])NCCNC(=O)c1ncccc1Oc1ccccc1Cl. The molecule has 1 aromatic carbocycles.